The molecule has 16 heavy (non-hydrogen) atoms. The highest BCUT2D eigenvalue weighted by atomic mass is 35.5. The smallest absolute Gasteiger partial charge is 0.320 e. The van der Waals surface area contributed by atoms with Crippen molar-refractivity contribution in [1.82, 2.24) is 5.32 Å². The maximum Gasteiger partial charge on any atom is 0.320 e. The second-order valence-corrected chi connectivity index (χ2v) is 4.57. The molecule has 1 atom stereocenters. The summed E-state index contributed by atoms with van der Waals surface area (Å²) >= 11 is 0. The molecule has 1 unspecified atom stereocenters. The first-order valence-corrected chi connectivity index (χ1v) is 6.20. The summed E-state index contributed by atoms with van der Waals surface area (Å²) in [6.07, 6.45) is 8.21. The van der Waals surface area contributed by atoms with E-state index in [0.29, 0.717) is 0 Å². The van der Waals surface area contributed by atoms with Gasteiger partial charge in [0, 0.05) is 0 Å². The van der Waals surface area contributed by atoms with Gasteiger partial charge in [-0.25, -0.2) is 0 Å². The number of aliphatic carboxylic acids is 1. The van der Waals surface area contributed by atoms with Gasteiger partial charge >= 0.3 is 5.97 Å². The fourth-order valence-corrected chi connectivity index (χ4v) is 2.36. The maximum absolute atomic E-state index is 10.9. The summed E-state index contributed by atoms with van der Waals surface area (Å²) in [6, 6.07) is -0.337. The Morgan fingerprint density at radius 2 is 2.06 bits per heavy atom. The quantitative estimate of drug-likeness (QED) is 0.730. The molecule has 0 bridgehead atoms. The van der Waals surface area contributed by atoms with Crippen LogP contribution in [0, 0.1) is 5.92 Å². The summed E-state index contributed by atoms with van der Waals surface area (Å²) < 4.78 is 0. The van der Waals surface area contributed by atoms with Crippen molar-refractivity contribution in [1.29, 1.82) is 0 Å². The molecule has 0 aromatic heterocycles. The van der Waals surface area contributed by atoms with Crippen molar-refractivity contribution in [2.45, 2.75) is 57.9 Å². The molecule has 0 radical (unpaired) electrons. The predicted molar refractivity (Wildman–Crippen MR) is 68.2 cm³/mol. The zero-order valence-electron chi connectivity index (χ0n) is 10.1. The third kappa shape index (κ3) is 5.71. The first-order chi connectivity index (χ1) is 7.24. The number of halogens is 1. The van der Waals surface area contributed by atoms with E-state index < -0.39 is 5.97 Å². The van der Waals surface area contributed by atoms with Gasteiger partial charge in [0.15, 0.2) is 0 Å². The molecule has 0 aromatic carbocycles. The lowest BCUT2D eigenvalue weighted by atomic mass is 10.0. The van der Waals surface area contributed by atoms with Gasteiger partial charge in [-0.1, -0.05) is 39.0 Å². The fourth-order valence-electron chi connectivity index (χ4n) is 2.36. The van der Waals surface area contributed by atoms with Gasteiger partial charge in [-0.05, 0) is 25.3 Å². The van der Waals surface area contributed by atoms with Crippen LogP contribution in [0.25, 0.3) is 0 Å². The molecule has 1 aliphatic rings. The molecule has 0 spiro atoms. The Bertz CT molecular complexity index is 193. The van der Waals surface area contributed by atoms with E-state index >= 15 is 0 Å². The molecule has 1 fully saturated rings. The van der Waals surface area contributed by atoms with Gasteiger partial charge in [-0.3, -0.25) is 4.79 Å². The molecule has 1 rings (SSSR count). The summed E-state index contributed by atoms with van der Waals surface area (Å²) in [6.45, 7) is 2.89. The van der Waals surface area contributed by atoms with Crippen LogP contribution >= 0.6 is 12.4 Å². The third-order valence-electron chi connectivity index (χ3n) is 3.29. The SMILES string of the molecule is CCCC(NCCC1CCCC1)C(=O)O.Cl. The molecule has 0 amide bonds. The molecular formula is C12H24ClNO2. The summed E-state index contributed by atoms with van der Waals surface area (Å²) in [4.78, 5) is 10.9. The van der Waals surface area contributed by atoms with Crippen molar-refractivity contribution in [3.05, 3.63) is 0 Å². The minimum Gasteiger partial charge on any atom is -0.480 e. The van der Waals surface area contributed by atoms with Crippen molar-refractivity contribution in [2.75, 3.05) is 6.54 Å². The largest absolute Gasteiger partial charge is 0.480 e. The van der Waals surface area contributed by atoms with Gasteiger partial charge in [0.05, 0.1) is 0 Å². The zero-order chi connectivity index (χ0) is 11.1. The van der Waals surface area contributed by atoms with Crippen molar-refractivity contribution in [2.24, 2.45) is 5.92 Å². The van der Waals surface area contributed by atoms with E-state index in [9.17, 15) is 4.79 Å². The molecule has 4 heteroatoms. The minimum absolute atomic E-state index is 0. The third-order valence-corrected chi connectivity index (χ3v) is 3.29. The fraction of sp³-hybridized carbons (Fsp3) is 0.917. The van der Waals surface area contributed by atoms with Crippen LogP contribution < -0.4 is 5.32 Å². The number of hydrogen-bond acceptors (Lipinski definition) is 2. The van der Waals surface area contributed by atoms with Gasteiger partial charge in [0.25, 0.3) is 0 Å². The van der Waals surface area contributed by atoms with Gasteiger partial charge in [0.2, 0.25) is 0 Å². The molecule has 3 nitrogen and oxygen atoms in total. The lowest BCUT2D eigenvalue weighted by Crippen LogP contribution is -2.37. The molecule has 2 N–H and O–H groups in total. The van der Waals surface area contributed by atoms with Crippen molar-refractivity contribution in [3.63, 3.8) is 0 Å². The molecule has 0 heterocycles. The molecule has 1 aliphatic carbocycles. The van der Waals surface area contributed by atoms with Crippen LogP contribution in [0.15, 0.2) is 0 Å². The predicted octanol–water partition coefficient (Wildman–Crippen LogP) is 2.83. The van der Waals surface area contributed by atoms with Crippen molar-refractivity contribution in [3.8, 4) is 0 Å². The van der Waals surface area contributed by atoms with E-state index in [1.165, 1.54) is 25.7 Å². The van der Waals surface area contributed by atoms with Crippen LogP contribution in [0.4, 0.5) is 0 Å². The first-order valence-electron chi connectivity index (χ1n) is 6.20. The van der Waals surface area contributed by atoms with Crippen molar-refractivity contribution < 1.29 is 9.90 Å². The molecule has 96 valence electrons. The Hall–Kier alpha value is -0.280. The topological polar surface area (TPSA) is 49.3 Å². The molecule has 0 aromatic rings. The lowest BCUT2D eigenvalue weighted by molar-refractivity contribution is -0.139. The summed E-state index contributed by atoms with van der Waals surface area (Å²) in [5, 5.41) is 12.1. The van der Waals surface area contributed by atoms with Gasteiger partial charge < -0.3 is 10.4 Å². The highest BCUT2D eigenvalue weighted by molar-refractivity contribution is 5.85. The van der Waals surface area contributed by atoms with Crippen molar-refractivity contribution >= 4 is 18.4 Å². The van der Waals surface area contributed by atoms with E-state index in [2.05, 4.69) is 5.32 Å². The number of hydrogen-bond donors (Lipinski definition) is 2. The molecule has 1 saturated carbocycles. The maximum atomic E-state index is 10.9. The van der Waals surface area contributed by atoms with E-state index in [-0.39, 0.29) is 18.4 Å². The molecule has 0 aliphatic heterocycles. The number of rotatable bonds is 7. The Labute approximate surface area is 104 Å². The van der Waals surface area contributed by atoms with Crippen LogP contribution in [0.1, 0.15) is 51.9 Å². The average molecular weight is 250 g/mol. The summed E-state index contributed by atoms with van der Waals surface area (Å²) in [7, 11) is 0. The summed E-state index contributed by atoms with van der Waals surface area (Å²) in [5.41, 5.74) is 0. The number of carboxylic acid groups (broad SMARTS) is 1. The van der Waals surface area contributed by atoms with Crippen LogP contribution in [0.5, 0.6) is 0 Å². The average Bonchev–Trinajstić information content (AvgIpc) is 2.69. The normalized spacial score (nSPS) is 18.1. The second kappa shape index (κ2) is 8.82. The Kier molecular flexibility index (Phi) is 8.67. The Morgan fingerprint density at radius 3 is 2.56 bits per heavy atom. The second-order valence-electron chi connectivity index (χ2n) is 4.57. The standard InChI is InChI=1S/C12H23NO2.ClH/c1-2-5-11(12(14)15)13-9-8-10-6-3-4-7-10;/h10-11,13H,2-9H2,1H3,(H,14,15);1H. The van der Waals surface area contributed by atoms with Gasteiger partial charge in [0.1, 0.15) is 6.04 Å². The highest BCUT2D eigenvalue weighted by Gasteiger charge is 2.18. The Balaban J connectivity index is 0.00000225. The van der Waals surface area contributed by atoms with Crippen LogP contribution in [-0.2, 0) is 4.79 Å². The first kappa shape index (κ1) is 15.7. The van der Waals surface area contributed by atoms with E-state index in [1.54, 1.807) is 0 Å². The van der Waals surface area contributed by atoms with Gasteiger partial charge in [-0.15, -0.1) is 12.4 Å². The van der Waals surface area contributed by atoms with Crippen LogP contribution in [-0.4, -0.2) is 23.7 Å². The number of carboxylic acids is 1. The van der Waals surface area contributed by atoms with Gasteiger partial charge in [-0.2, -0.15) is 0 Å². The monoisotopic (exact) mass is 249 g/mol. The van der Waals surface area contributed by atoms with Crippen LogP contribution in [0.3, 0.4) is 0 Å². The number of nitrogens with one attached hydrogen (secondary N) is 1. The minimum atomic E-state index is -0.705. The summed E-state index contributed by atoms with van der Waals surface area (Å²) in [5.74, 6) is 0.136. The number of carbonyl (C=O) groups is 1. The molecular weight excluding hydrogens is 226 g/mol. The van der Waals surface area contributed by atoms with E-state index in [1.807, 2.05) is 6.92 Å². The lowest BCUT2D eigenvalue weighted by Gasteiger charge is -2.15. The van der Waals surface area contributed by atoms with E-state index in [4.69, 9.17) is 5.11 Å². The zero-order valence-corrected chi connectivity index (χ0v) is 10.9. The highest BCUT2D eigenvalue weighted by Crippen LogP contribution is 2.26. The Morgan fingerprint density at radius 1 is 1.44 bits per heavy atom. The van der Waals surface area contributed by atoms with Crippen LogP contribution in [0.2, 0.25) is 0 Å². The van der Waals surface area contributed by atoms with E-state index in [0.717, 1.165) is 31.7 Å². The molecule has 0 saturated heterocycles.